The van der Waals surface area contributed by atoms with E-state index in [1.807, 2.05) is 0 Å². The van der Waals surface area contributed by atoms with Crippen LogP contribution < -0.4 is 0 Å². The van der Waals surface area contributed by atoms with Gasteiger partial charge in [-0.3, -0.25) is 0 Å². The molecule has 0 spiro atoms. The lowest BCUT2D eigenvalue weighted by Crippen LogP contribution is -1.99. The number of hydrogen-bond donors (Lipinski definition) is 0. The maximum absolute atomic E-state index is 13.5. The van der Waals surface area contributed by atoms with Gasteiger partial charge in [0.1, 0.15) is 11.6 Å². The molecule has 2 heteroatoms. The van der Waals surface area contributed by atoms with Gasteiger partial charge in [0.25, 0.3) is 0 Å². The summed E-state index contributed by atoms with van der Waals surface area (Å²) in [5, 5.41) is 0. The van der Waals surface area contributed by atoms with Crippen LogP contribution in [0.4, 0.5) is 8.78 Å². The van der Waals surface area contributed by atoms with Crippen molar-refractivity contribution in [2.45, 2.75) is 5.92 Å². The van der Waals surface area contributed by atoms with Crippen LogP contribution in [0.25, 0.3) is 0 Å². The van der Waals surface area contributed by atoms with E-state index >= 15 is 0 Å². The van der Waals surface area contributed by atoms with Gasteiger partial charge in [-0.25, -0.2) is 8.78 Å². The fraction of sp³-hybridized carbons (Fsp3) is 0.0714. The van der Waals surface area contributed by atoms with Crippen molar-refractivity contribution in [2.75, 3.05) is 0 Å². The van der Waals surface area contributed by atoms with E-state index in [9.17, 15) is 8.78 Å². The molecule has 16 heavy (non-hydrogen) atoms. The maximum atomic E-state index is 13.5. The molecule has 0 aliphatic carbocycles. The van der Waals surface area contributed by atoms with Crippen LogP contribution in [-0.4, -0.2) is 0 Å². The summed E-state index contributed by atoms with van der Waals surface area (Å²) in [5.41, 5.74) is 1.32. The van der Waals surface area contributed by atoms with E-state index in [-0.39, 0.29) is 17.6 Å². The van der Waals surface area contributed by atoms with Crippen LogP contribution in [0.5, 0.6) is 0 Å². The highest BCUT2D eigenvalue weighted by atomic mass is 19.1. The average Bonchev–Trinajstić information content (AvgIpc) is 2.30. The van der Waals surface area contributed by atoms with Gasteiger partial charge in [-0.2, -0.15) is 0 Å². The summed E-state index contributed by atoms with van der Waals surface area (Å²) in [4.78, 5) is 0. The Kier molecular flexibility index (Phi) is 3.00. The summed E-state index contributed by atoms with van der Waals surface area (Å²) < 4.78 is 26.2. The minimum atomic E-state index is -0.318. The Hall–Kier alpha value is -1.70. The number of benzene rings is 2. The summed E-state index contributed by atoms with van der Waals surface area (Å²) in [6.45, 7) is 3.91. The molecule has 1 radical (unpaired) electrons. The van der Waals surface area contributed by atoms with Gasteiger partial charge < -0.3 is 0 Å². The van der Waals surface area contributed by atoms with Crippen molar-refractivity contribution in [2.24, 2.45) is 0 Å². The molecule has 0 fully saturated rings. The second kappa shape index (κ2) is 4.44. The third-order valence-corrected chi connectivity index (χ3v) is 2.55. The molecule has 0 bridgehead atoms. The van der Waals surface area contributed by atoms with Gasteiger partial charge in [0, 0.05) is 5.92 Å². The number of hydrogen-bond acceptors (Lipinski definition) is 0. The summed E-state index contributed by atoms with van der Waals surface area (Å²) in [7, 11) is 0. The highest BCUT2D eigenvalue weighted by Crippen LogP contribution is 2.25. The normalized spacial score (nSPS) is 12.4. The van der Waals surface area contributed by atoms with E-state index < -0.39 is 0 Å². The Labute approximate surface area is 93.5 Å². The molecular formula is C14H11F2. The number of rotatable bonds is 2. The molecule has 2 aromatic rings. The monoisotopic (exact) mass is 217 g/mol. The van der Waals surface area contributed by atoms with Crippen LogP contribution in [0.2, 0.25) is 0 Å². The zero-order valence-electron chi connectivity index (χ0n) is 8.66. The van der Waals surface area contributed by atoms with Crippen molar-refractivity contribution in [3.63, 3.8) is 0 Å². The Morgan fingerprint density at radius 1 is 0.875 bits per heavy atom. The highest BCUT2D eigenvalue weighted by molar-refractivity contribution is 5.34. The second-order valence-corrected chi connectivity index (χ2v) is 3.63. The molecule has 1 atom stereocenters. The fourth-order valence-electron chi connectivity index (χ4n) is 1.63. The van der Waals surface area contributed by atoms with Crippen LogP contribution in [0.3, 0.4) is 0 Å². The Bertz CT molecular complexity index is 474. The third kappa shape index (κ3) is 2.11. The van der Waals surface area contributed by atoms with Crippen molar-refractivity contribution in [3.05, 3.63) is 78.2 Å². The molecule has 0 aromatic heterocycles. The van der Waals surface area contributed by atoms with Gasteiger partial charge in [-0.05, 0) is 36.2 Å². The second-order valence-electron chi connectivity index (χ2n) is 3.63. The Balaban J connectivity index is 2.35. The molecule has 0 aliphatic rings. The summed E-state index contributed by atoms with van der Waals surface area (Å²) >= 11 is 0. The first-order valence-corrected chi connectivity index (χ1v) is 5.01. The highest BCUT2D eigenvalue weighted by Gasteiger charge is 2.12. The van der Waals surface area contributed by atoms with Gasteiger partial charge in [0.05, 0.1) is 0 Å². The topological polar surface area (TPSA) is 0 Å². The fourth-order valence-corrected chi connectivity index (χ4v) is 1.63. The van der Waals surface area contributed by atoms with E-state index in [4.69, 9.17) is 0 Å². The molecule has 0 saturated heterocycles. The van der Waals surface area contributed by atoms with E-state index in [1.54, 1.807) is 30.3 Å². The van der Waals surface area contributed by atoms with Crippen LogP contribution in [0, 0.1) is 18.6 Å². The van der Waals surface area contributed by atoms with Gasteiger partial charge in [-0.15, -0.1) is 0 Å². The van der Waals surface area contributed by atoms with Crippen LogP contribution >= 0.6 is 0 Å². The van der Waals surface area contributed by atoms with Crippen LogP contribution in [0.1, 0.15) is 17.0 Å². The van der Waals surface area contributed by atoms with Crippen molar-refractivity contribution in [1.29, 1.82) is 0 Å². The van der Waals surface area contributed by atoms with Crippen molar-refractivity contribution in [3.8, 4) is 0 Å². The first kappa shape index (κ1) is 10.8. The number of halogens is 2. The predicted octanol–water partition coefficient (Wildman–Crippen LogP) is 3.93. The van der Waals surface area contributed by atoms with Gasteiger partial charge in [0.15, 0.2) is 0 Å². The lowest BCUT2D eigenvalue weighted by molar-refractivity contribution is 0.607. The van der Waals surface area contributed by atoms with Gasteiger partial charge >= 0.3 is 0 Å². The summed E-state index contributed by atoms with van der Waals surface area (Å²) in [5.74, 6) is -0.905. The van der Waals surface area contributed by atoms with Crippen LogP contribution in [0.15, 0.2) is 48.5 Å². The molecule has 0 amide bonds. The van der Waals surface area contributed by atoms with Crippen LogP contribution in [-0.2, 0) is 0 Å². The van der Waals surface area contributed by atoms with Gasteiger partial charge in [-0.1, -0.05) is 30.3 Å². The van der Waals surface area contributed by atoms with Crippen molar-refractivity contribution in [1.82, 2.24) is 0 Å². The minimum absolute atomic E-state index is 0.285. The first-order chi connectivity index (χ1) is 7.68. The molecule has 0 heterocycles. The molecule has 2 aromatic carbocycles. The average molecular weight is 217 g/mol. The maximum Gasteiger partial charge on any atom is 0.127 e. The lowest BCUT2D eigenvalue weighted by Gasteiger charge is -2.12. The zero-order chi connectivity index (χ0) is 11.5. The molecule has 0 aliphatic heterocycles. The summed E-state index contributed by atoms with van der Waals surface area (Å²) in [6.07, 6.45) is 0. The Morgan fingerprint density at radius 3 is 2.12 bits per heavy atom. The minimum Gasteiger partial charge on any atom is -0.207 e. The largest absolute Gasteiger partial charge is 0.207 e. The third-order valence-electron chi connectivity index (χ3n) is 2.55. The van der Waals surface area contributed by atoms with Crippen molar-refractivity contribution >= 4 is 0 Å². The van der Waals surface area contributed by atoms with Crippen molar-refractivity contribution < 1.29 is 8.78 Å². The van der Waals surface area contributed by atoms with E-state index in [1.165, 1.54) is 18.2 Å². The Morgan fingerprint density at radius 2 is 1.50 bits per heavy atom. The predicted molar refractivity (Wildman–Crippen MR) is 60.0 cm³/mol. The SMILES string of the molecule is [CH2]C(c1ccc(F)cc1)c1ccccc1F. The zero-order valence-corrected chi connectivity index (χ0v) is 8.66. The molecule has 2 rings (SSSR count). The molecule has 0 saturated carbocycles. The first-order valence-electron chi connectivity index (χ1n) is 5.01. The lowest BCUT2D eigenvalue weighted by atomic mass is 9.93. The van der Waals surface area contributed by atoms with E-state index in [0.717, 1.165) is 5.56 Å². The van der Waals surface area contributed by atoms with Gasteiger partial charge in [0.2, 0.25) is 0 Å². The molecular weight excluding hydrogens is 206 g/mol. The molecule has 0 nitrogen and oxygen atoms in total. The molecule has 0 N–H and O–H groups in total. The quantitative estimate of drug-likeness (QED) is 0.715. The molecule has 81 valence electrons. The molecule has 1 unspecified atom stereocenters. The smallest absolute Gasteiger partial charge is 0.127 e. The van der Waals surface area contributed by atoms with E-state index in [0.29, 0.717) is 5.56 Å². The standard InChI is InChI=1S/C14H11F2/c1-10(11-6-8-12(15)9-7-11)13-4-2-3-5-14(13)16/h2-10H,1H2. The summed E-state index contributed by atoms with van der Waals surface area (Å²) in [6, 6.07) is 12.4. The van der Waals surface area contributed by atoms with E-state index in [2.05, 4.69) is 6.92 Å².